The molecule has 0 saturated heterocycles. The van der Waals surface area contributed by atoms with Gasteiger partial charge in [-0.15, -0.1) is 10.2 Å². The van der Waals surface area contributed by atoms with Gasteiger partial charge in [-0.1, -0.05) is 0 Å². The zero-order valence-corrected chi connectivity index (χ0v) is 9.74. The standard InChI is InChI=1S/C12H11N5O/c1-8-15-16-11-12(14-6-7-17(8)11)18-10-4-2-9(13)3-5-10/h2-7H,13H2,1H3. The second-order valence-corrected chi connectivity index (χ2v) is 3.84. The predicted molar refractivity (Wildman–Crippen MR) is 66.4 cm³/mol. The Morgan fingerprint density at radius 3 is 2.72 bits per heavy atom. The molecule has 0 saturated carbocycles. The van der Waals surface area contributed by atoms with Crippen molar-refractivity contribution in [2.45, 2.75) is 6.92 Å². The minimum atomic E-state index is 0.419. The van der Waals surface area contributed by atoms with Crippen LogP contribution in [0.4, 0.5) is 5.69 Å². The summed E-state index contributed by atoms with van der Waals surface area (Å²) < 4.78 is 7.49. The molecule has 18 heavy (non-hydrogen) atoms. The molecule has 0 atom stereocenters. The van der Waals surface area contributed by atoms with Crippen molar-refractivity contribution in [3.63, 3.8) is 0 Å². The SMILES string of the molecule is Cc1nnc2c(Oc3ccc(N)cc3)nccn12. The smallest absolute Gasteiger partial charge is 0.265 e. The van der Waals surface area contributed by atoms with Crippen LogP contribution in [0.25, 0.3) is 5.65 Å². The van der Waals surface area contributed by atoms with Crippen molar-refractivity contribution in [3.8, 4) is 11.6 Å². The number of nitrogen functional groups attached to an aromatic ring is 1. The van der Waals surface area contributed by atoms with Crippen LogP contribution in [0.3, 0.4) is 0 Å². The maximum absolute atomic E-state index is 5.67. The lowest BCUT2D eigenvalue weighted by molar-refractivity contribution is 0.465. The van der Waals surface area contributed by atoms with Gasteiger partial charge >= 0.3 is 0 Å². The lowest BCUT2D eigenvalue weighted by Gasteiger charge is -2.05. The van der Waals surface area contributed by atoms with E-state index in [2.05, 4.69) is 15.2 Å². The lowest BCUT2D eigenvalue weighted by Crippen LogP contribution is -1.94. The summed E-state index contributed by atoms with van der Waals surface area (Å²) in [5.74, 6) is 1.86. The number of fused-ring (bicyclic) bond motifs is 1. The van der Waals surface area contributed by atoms with Crippen molar-refractivity contribution in [2.24, 2.45) is 0 Å². The van der Waals surface area contributed by atoms with Gasteiger partial charge in [-0.3, -0.25) is 4.40 Å². The second kappa shape index (κ2) is 3.99. The van der Waals surface area contributed by atoms with E-state index in [1.54, 1.807) is 36.7 Å². The van der Waals surface area contributed by atoms with Crippen molar-refractivity contribution < 1.29 is 4.74 Å². The molecule has 3 aromatic rings. The fourth-order valence-corrected chi connectivity index (χ4v) is 1.64. The van der Waals surface area contributed by atoms with Gasteiger partial charge in [-0.2, -0.15) is 0 Å². The monoisotopic (exact) mass is 241 g/mol. The van der Waals surface area contributed by atoms with Crippen molar-refractivity contribution in [2.75, 3.05) is 5.73 Å². The molecule has 3 rings (SSSR count). The molecule has 0 bridgehead atoms. The highest BCUT2D eigenvalue weighted by Gasteiger charge is 2.09. The number of hydrogen-bond acceptors (Lipinski definition) is 5. The summed E-state index contributed by atoms with van der Waals surface area (Å²) in [6, 6.07) is 7.10. The van der Waals surface area contributed by atoms with Gasteiger partial charge in [-0.25, -0.2) is 4.98 Å². The number of nitrogens with two attached hydrogens (primary N) is 1. The second-order valence-electron chi connectivity index (χ2n) is 3.84. The first-order valence-electron chi connectivity index (χ1n) is 5.44. The van der Waals surface area contributed by atoms with Crippen LogP contribution in [0.1, 0.15) is 5.82 Å². The summed E-state index contributed by atoms with van der Waals surface area (Å²) >= 11 is 0. The molecule has 6 heteroatoms. The van der Waals surface area contributed by atoms with Crippen molar-refractivity contribution in [1.29, 1.82) is 0 Å². The number of rotatable bonds is 2. The Kier molecular flexibility index (Phi) is 2.33. The molecule has 0 aliphatic heterocycles. The summed E-state index contributed by atoms with van der Waals surface area (Å²) in [5.41, 5.74) is 6.89. The highest BCUT2D eigenvalue weighted by molar-refractivity contribution is 5.51. The van der Waals surface area contributed by atoms with Gasteiger partial charge in [0.1, 0.15) is 11.6 Å². The Hall–Kier alpha value is -2.63. The highest BCUT2D eigenvalue weighted by Crippen LogP contribution is 2.23. The quantitative estimate of drug-likeness (QED) is 0.692. The Bertz CT molecular complexity index is 689. The van der Waals surface area contributed by atoms with Crippen LogP contribution in [-0.2, 0) is 0 Å². The van der Waals surface area contributed by atoms with Gasteiger partial charge in [0.25, 0.3) is 5.88 Å². The molecular formula is C12H11N5O. The summed E-state index contributed by atoms with van der Waals surface area (Å²) in [6.07, 6.45) is 3.44. The fraction of sp³-hybridized carbons (Fsp3) is 0.0833. The van der Waals surface area contributed by atoms with Crippen LogP contribution in [0, 0.1) is 6.92 Å². The van der Waals surface area contributed by atoms with E-state index in [-0.39, 0.29) is 0 Å². The van der Waals surface area contributed by atoms with E-state index in [9.17, 15) is 0 Å². The normalized spacial score (nSPS) is 10.7. The molecule has 0 radical (unpaired) electrons. The maximum Gasteiger partial charge on any atom is 0.265 e. The molecule has 0 unspecified atom stereocenters. The minimum Gasteiger partial charge on any atom is -0.436 e. The van der Waals surface area contributed by atoms with Crippen molar-refractivity contribution >= 4 is 11.3 Å². The molecule has 2 aromatic heterocycles. The number of aryl methyl sites for hydroxylation is 1. The van der Waals surface area contributed by atoms with Gasteiger partial charge < -0.3 is 10.5 Å². The van der Waals surface area contributed by atoms with Crippen LogP contribution < -0.4 is 10.5 Å². The van der Waals surface area contributed by atoms with Crippen LogP contribution >= 0.6 is 0 Å². The largest absolute Gasteiger partial charge is 0.436 e. The summed E-state index contributed by atoms with van der Waals surface area (Å²) in [6.45, 7) is 1.87. The molecule has 90 valence electrons. The Balaban J connectivity index is 2.02. The third kappa shape index (κ3) is 1.73. The maximum atomic E-state index is 5.67. The van der Waals surface area contributed by atoms with E-state index in [1.807, 2.05) is 11.3 Å². The zero-order chi connectivity index (χ0) is 12.5. The molecule has 0 fully saturated rings. The third-order valence-corrected chi connectivity index (χ3v) is 2.56. The molecule has 0 aliphatic carbocycles. The van der Waals surface area contributed by atoms with E-state index >= 15 is 0 Å². The van der Waals surface area contributed by atoms with Gasteiger partial charge in [0.2, 0.25) is 5.65 Å². The van der Waals surface area contributed by atoms with Crippen molar-refractivity contribution in [3.05, 3.63) is 42.5 Å². The average molecular weight is 241 g/mol. The van der Waals surface area contributed by atoms with Crippen LogP contribution in [0.15, 0.2) is 36.7 Å². The van der Waals surface area contributed by atoms with E-state index in [1.165, 1.54) is 0 Å². The summed E-state index contributed by atoms with van der Waals surface area (Å²) in [5, 5.41) is 8.02. The number of nitrogens with zero attached hydrogens (tertiary/aromatic N) is 4. The predicted octanol–water partition coefficient (Wildman–Crippen LogP) is 1.81. The van der Waals surface area contributed by atoms with Crippen LogP contribution in [0.5, 0.6) is 11.6 Å². The minimum absolute atomic E-state index is 0.419. The molecule has 1 aromatic carbocycles. The molecule has 2 N–H and O–H groups in total. The number of benzene rings is 1. The number of hydrogen-bond donors (Lipinski definition) is 1. The van der Waals surface area contributed by atoms with E-state index in [4.69, 9.17) is 10.5 Å². The molecule has 6 nitrogen and oxygen atoms in total. The first kappa shape index (κ1) is 10.5. The highest BCUT2D eigenvalue weighted by atomic mass is 16.5. The molecule has 0 spiro atoms. The van der Waals surface area contributed by atoms with E-state index in [0.29, 0.717) is 23.0 Å². The number of aromatic nitrogens is 4. The Morgan fingerprint density at radius 2 is 1.94 bits per heavy atom. The van der Waals surface area contributed by atoms with Gasteiger partial charge in [-0.05, 0) is 31.2 Å². The van der Waals surface area contributed by atoms with E-state index in [0.717, 1.165) is 5.82 Å². The van der Waals surface area contributed by atoms with Crippen LogP contribution in [-0.4, -0.2) is 19.6 Å². The first-order chi connectivity index (χ1) is 8.74. The van der Waals surface area contributed by atoms with Gasteiger partial charge in [0.05, 0.1) is 0 Å². The Morgan fingerprint density at radius 1 is 1.17 bits per heavy atom. The lowest BCUT2D eigenvalue weighted by atomic mass is 10.3. The number of anilines is 1. The zero-order valence-electron chi connectivity index (χ0n) is 9.74. The third-order valence-electron chi connectivity index (χ3n) is 2.56. The van der Waals surface area contributed by atoms with E-state index < -0.39 is 0 Å². The molecule has 2 heterocycles. The summed E-state index contributed by atoms with van der Waals surface area (Å²) in [4.78, 5) is 4.16. The first-order valence-corrected chi connectivity index (χ1v) is 5.44. The van der Waals surface area contributed by atoms with Gasteiger partial charge in [0, 0.05) is 18.1 Å². The topological polar surface area (TPSA) is 78.3 Å². The van der Waals surface area contributed by atoms with Crippen molar-refractivity contribution in [1.82, 2.24) is 19.6 Å². The molecule has 0 aliphatic rings. The molecular weight excluding hydrogens is 230 g/mol. The number of ether oxygens (including phenoxy) is 1. The van der Waals surface area contributed by atoms with Gasteiger partial charge in [0.15, 0.2) is 0 Å². The fourth-order valence-electron chi connectivity index (χ4n) is 1.64. The Labute approximate surface area is 103 Å². The molecule has 0 amide bonds. The van der Waals surface area contributed by atoms with Crippen LogP contribution in [0.2, 0.25) is 0 Å². The average Bonchev–Trinajstić information content (AvgIpc) is 2.76. The summed E-state index contributed by atoms with van der Waals surface area (Å²) in [7, 11) is 0.